The van der Waals surface area contributed by atoms with Gasteiger partial charge < -0.3 is 10.1 Å². The molecule has 2 unspecified atom stereocenters. The van der Waals surface area contributed by atoms with Crippen molar-refractivity contribution in [2.75, 3.05) is 18.5 Å². The summed E-state index contributed by atoms with van der Waals surface area (Å²) in [5, 5.41) is 4.43. The lowest BCUT2D eigenvalue weighted by atomic mass is 10.0. The zero-order valence-electron chi connectivity index (χ0n) is 19.8. The van der Waals surface area contributed by atoms with Crippen LogP contribution in [0.1, 0.15) is 53.7 Å². The third-order valence-electron chi connectivity index (χ3n) is 4.86. The molecule has 1 aliphatic carbocycles. The lowest BCUT2D eigenvalue weighted by Gasteiger charge is -2.07. The number of anilines is 1. The largest absolute Gasteiger partial charge is 0.381 e. The first-order valence-corrected chi connectivity index (χ1v) is 11.2. The molecule has 1 N–H and O–H groups in total. The molecule has 0 bridgehead atoms. The summed E-state index contributed by atoms with van der Waals surface area (Å²) in [6, 6.07) is 3.79. The van der Waals surface area contributed by atoms with Crippen molar-refractivity contribution < 1.29 is 9.53 Å². The highest BCUT2D eigenvalue weighted by Gasteiger charge is 2.41. The van der Waals surface area contributed by atoms with Crippen LogP contribution < -0.4 is 5.32 Å². The average molecular weight is 424 g/mol. The summed E-state index contributed by atoms with van der Waals surface area (Å²) >= 11 is 0. The highest BCUT2D eigenvalue weighted by Crippen LogP contribution is 2.43. The van der Waals surface area contributed by atoms with Crippen molar-refractivity contribution in [2.45, 2.75) is 48.0 Å². The predicted octanol–water partition coefficient (Wildman–Crippen LogP) is 6.44. The van der Waals surface area contributed by atoms with Crippen LogP contribution in [-0.4, -0.2) is 29.6 Å². The fourth-order valence-electron chi connectivity index (χ4n) is 3.22. The fourth-order valence-corrected chi connectivity index (χ4v) is 3.22. The van der Waals surface area contributed by atoms with Crippen molar-refractivity contribution >= 4 is 28.6 Å². The van der Waals surface area contributed by atoms with Gasteiger partial charge >= 0.3 is 0 Å². The van der Waals surface area contributed by atoms with Crippen LogP contribution >= 0.6 is 0 Å². The molecule has 2 fully saturated rings. The van der Waals surface area contributed by atoms with E-state index in [1.165, 1.54) is 6.42 Å². The second kappa shape index (κ2) is 14.3. The van der Waals surface area contributed by atoms with Crippen molar-refractivity contribution in [2.24, 2.45) is 11.8 Å². The smallest absolute Gasteiger partial charge is 0.212 e. The van der Waals surface area contributed by atoms with E-state index in [-0.39, 0.29) is 0 Å². The van der Waals surface area contributed by atoms with E-state index in [1.807, 2.05) is 65.8 Å². The minimum absolute atomic E-state index is 0.518. The molecule has 1 amide bonds. The van der Waals surface area contributed by atoms with Gasteiger partial charge in [0.1, 0.15) is 5.82 Å². The summed E-state index contributed by atoms with van der Waals surface area (Å²) in [6.45, 7) is 18.0. The molecule has 168 valence electrons. The Morgan fingerprint density at radius 3 is 2.23 bits per heavy atom. The van der Waals surface area contributed by atoms with Crippen molar-refractivity contribution in [3.63, 3.8) is 0 Å². The summed E-state index contributed by atoms with van der Waals surface area (Å²) in [4.78, 5) is 19.1. The third-order valence-corrected chi connectivity index (χ3v) is 4.86. The Hall–Kier alpha value is -2.79. The van der Waals surface area contributed by atoms with E-state index in [4.69, 9.17) is 4.74 Å². The van der Waals surface area contributed by atoms with Gasteiger partial charge in [-0.15, -0.1) is 0 Å². The molecule has 2 aromatic heterocycles. The molecule has 1 aliphatic heterocycles. The molecule has 1 saturated carbocycles. The van der Waals surface area contributed by atoms with Crippen LogP contribution in [0.3, 0.4) is 0 Å². The Morgan fingerprint density at radius 2 is 1.74 bits per heavy atom. The molecule has 4 rings (SSSR count). The van der Waals surface area contributed by atoms with Crippen molar-refractivity contribution in [3.05, 3.63) is 60.6 Å². The van der Waals surface area contributed by atoms with Gasteiger partial charge in [0.25, 0.3) is 0 Å². The minimum atomic E-state index is 0.518. The van der Waals surface area contributed by atoms with Crippen molar-refractivity contribution in [3.8, 4) is 0 Å². The van der Waals surface area contributed by atoms with Gasteiger partial charge in [0.05, 0.1) is 5.69 Å². The Morgan fingerprint density at radius 1 is 1.10 bits per heavy atom. The lowest BCUT2D eigenvalue weighted by molar-refractivity contribution is -0.105. The second-order valence-corrected chi connectivity index (χ2v) is 6.84. The number of nitrogens with one attached hydrogen (secondary N) is 1. The summed E-state index contributed by atoms with van der Waals surface area (Å²) in [6.07, 6.45) is 11.3. The molecule has 5 nitrogen and oxygen atoms in total. The molecule has 0 aromatic carbocycles. The third kappa shape index (κ3) is 7.76. The van der Waals surface area contributed by atoms with E-state index >= 15 is 0 Å². The molecule has 0 spiro atoms. The number of rotatable bonds is 5. The van der Waals surface area contributed by atoms with E-state index < -0.39 is 0 Å². The van der Waals surface area contributed by atoms with Crippen LogP contribution in [0.5, 0.6) is 0 Å². The van der Waals surface area contributed by atoms with Gasteiger partial charge in [-0.1, -0.05) is 52.5 Å². The number of amides is 1. The highest BCUT2D eigenvalue weighted by molar-refractivity contribution is 5.88. The van der Waals surface area contributed by atoms with E-state index in [0.29, 0.717) is 12.2 Å². The van der Waals surface area contributed by atoms with Crippen LogP contribution in [-0.2, 0) is 9.53 Å². The number of nitrogens with zero attached hydrogens (tertiary/aromatic N) is 2. The number of hydrogen-bond donors (Lipinski definition) is 1. The predicted molar refractivity (Wildman–Crippen MR) is 132 cm³/mol. The number of fused-ring (bicyclic) bond motifs is 2. The van der Waals surface area contributed by atoms with Crippen LogP contribution in [0, 0.1) is 11.8 Å². The molecule has 2 atom stereocenters. The van der Waals surface area contributed by atoms with Crippen LogP contribution in [0.25, 0.3) is 16.3 Å². The van der Waals surface area contributed by atoms with E-state index in [2.05, 4.69) is 21.9 Å². The summed E-state index contributed by atoms with van der Waals surface area (Å²) in [7, 11) is 0. The van der Waals surface area contributed by atoms with E-state index in [0.717, 1.165) is 52.7 Å². The van der Waals surface area contributed by atoms with Gasteiger partial charge in [-0.05, 0) is 55.2 Å². The van der Waals surface area contributed by atoms with Gasteiger partial charge in [-0.25, -0.2) is 4.98 Å². The Balaban J connectivity index is 0.000000395. The number of ether oxygens (including phenoxy) is 1. The van der Waals surface area contributed by atoms with Crippen LogP contribution in [0.4, 0.5) is 5.82 Å². The number of pyridine rings is 2. The van der Waals surface area contributed by atoms with Crippen LogP contribution in [0.15, 0.2) is 54.9 Å². The van der Waals surface area contributed by atoms with E-state index in [1.54, 1.807) is 18.5 Å². The molecule has 2 aromatic rings. The summed E-state index contributed by atoms with van der Waals surface area (Å²) < 4.78 is 5.11. The lowest BCUT2D eigenvalue weighted by Crippen LogP contribution is -1.97. The maximum Gasteiger partial charge on any atom is 0.212 e. The first kappa shape index (κ1) is 26.2. The van der Waals surface area contributed by atoms with Crippen LogP contribution in [0.2, 0.25) is 0 Å². The van der Waals surface area contributed by atoms with Crippen molar-refractivity contribution in [1.82, 2.24) is 9.97 Å². The number of hydrogen-bond acceptors (Lipinski definition) is 4. The number of carbonyl (C=O) groups excluding carboxylic acids is 1. The Kier molecular flexibility index (Phi) is 12.1. The van der Waals surface area contributed by atoms with Gasteiger partial charge in [-0.2, -0.15) is 0 Å². The van der Waals surface area contributed by atoms with Gasteiger partial charge in [-0.3, -0.25) is 9.78 Å². The fraction of sp³-hybridized carbons (Fsp3) is 0.423. The average Bonchev–Trinajstić information content (AvgIpc) is 3.42. The zero-order chi connectivity index (χ0) is 23.2. The number of aromatic nitrogens is 2. The maximum absolute atomic E-state index is 10.5. The minimum Gasteiger partial charge on any atom is -0.381 e. The van der Waals surface area contributed by atoms with Gasteiger partial charge in [0.2, 0.25) is 6.41 Å². The van der Waals surface area contributed by atoms with Gasteiger partial charge in [0, 0.05) is 36.6 Å². The highest BCUT2D eigenvalue weighted by atomic mass is 16.5. The molecule has 1 saturated heterocycles. The SMILES string of the molecule is C1OCC2CC12.C=C/C(=C(C)\C=C/C)c1cc2cc(NC=O)ncc2cn1.CC.CC. The van der Waals surface area contributed by atoms with Crippen molar-refractivity contribution in [1.29, 1.82) is 0 Å². The molecule has 31 heavy (non-hydrogen) atoms. The second-order valence-electron chi connectivity index (χ2n) is 6.84. The maximum atomic E-state index is 10.5. The first-order valence-electron chi connectivity index (χ1n) is 11.2. The molecule has 0 radical (unpaired) electrons. The normalized spacial score (nSPS) is 18.8. The first-order chi connectivity index (χ1) is 15.2. The molecule has 3 heterocycles. The molecule has 5 heteroatoms. The summed E-state index contributed by atoms with van der Waals surface area (Å²) in [5.74, 6) is 2.50. The Labute approximate surface area is 187 Å². The van der Waals surface area contributed by atoms with Gasteiger partial charge in [0.15, 0.2) is 0 Å². The topological polar surface area (TPSA) is 64.1 Å². The van der Waals surface area contributed by atoms with E-state index in [9.17, 15) is 4.79 Å². The monoisotopic (exact) mass is 423 g/mol. The standard InChI is InChI=1S/C17H17N3O.C5H8O.2C2H6/c1-4-6-12(3)15(5-2)16-7-13-8-17(20-11-21)19-10-14(13)9-18-16;1-4-2-6-3-5(1)4;2*1-2/h4-11H,2H2,1,3H3,(H,19,20,21);4-5H,1-3H2;2*1-2H3/b6-4-,15-12+;;;. The summed E-state index contributed by atoms with van der Waals surface area (Å²) in [5.41, 5.74) is 2.92. The zero-order valence-corrected chi connectivity index (χ0v) is 19.8. The molecule has 2 aliphatic rings. The Bertz CT molecular complexity index is 895. The molecular formula is C26H37N3O2. The number of carbonyl (C=O) groups is 1. The molecular weight excluding hydrogens is 386 g/mol. The number of allylic oxidation sites excluding steroid dienone is 5. The quantitative estimate of drug-likeness (QED) is 0.444.